The molecule has 2 aliphatic rings. The molecule has 0 spiro atoms. The highest BCUT2D eigenvalue weighted by molar-refractivity contribution is 7.86. The molecule has 1 aliphatic heterocycles. The highest BCUT2D eigenvalue weighted by atomic mass is 32.2. The molecule has 182 valence electrons. The van der Waals surface area contributed by atoms with Crippen LogP contribution < -0.4 is 20.1 Å². The second kappa shape index (κ2) is 11.5. The second-order valence-electron chi connectivity index (χ2n) is 8.22. The average Bonchev–Trinajstić information content (AvgIpc) is 3.55. The molecular formula is C23H27N3O6S2. The molecule has 34 heavy (non-hydrogen) atoms. The van der Waals surface area contributed by atoms with Crippen molar-refractivity contribution in [3.63, 3.8) is 0 Å². The first-order chi connectivity index (χ1) is 16.5. The standard InChI is InChI=1S/C23H27N3O6S2/c27-21(24-16-4-1-2-5-16)12-26(11-18-6-3-9-33-18)23(29)14-34(30)13-22(28)25-17-7-8-19-20(10-17)32-15-31-19/h3,6-10,16H,1-2,4-5,11-15H2,(H,24,27)(H,25,28)/t34-/m0/s1. The molecule has 0 saturated heterocycles. The molecule has 0 radical (unpaired) electrons. The van der Waals surface area contributed by atoms with Crippen molar-refractivity contribution in [3.05, 3.63) is 40.6 Å². The van der Waals surface area contributed by atoms with Gasteiger partial charge >= 0.3 is 0 Å². The van der Waals surface area contributed by atoms with Crippen LogP contribution >= 0.6 is 11.3 Å². The van der Waals surface area contributed by atoms with Crippen molar-refractivity contribution in [1.29, 1.82) is 0 Å². The largest absolute Gasteiger partial charge is 0.454 e. The number of amides is 3. The number of thiophene rings is 1. The fraction of sp³-hybridized carbons (Fsp3) is 0.435. The zero-order chi connectivity index (χ0) is 23.9. The van der Waals surface area contributed by atoms with E-state index in [1.165, 1.54) is 16.2 Å². The summed E-state index contributed by atoms with van der Waals surface area (Å²) in [6.07, 6.45) is 4.09. The predicted octanol–water partition coefficient (Wildman–Crippen LogP) is 2.25. The smallest absolute Gasteiger partial charge is 0.239 e. The molecule has 3 amide bonds. The van der Waals surface area contributed by atoms with E-state index in [1.807, 2.05) is 17.5 Å². The Bertz CT molecular complexity index is 1050. The lowest BCUT2D eigenvalue weighted by atomic mass is 10.2. The van der Waals surface area contributed by atoms with Gasteiger partial charge in [0.2, 0.25) is 24.5 Å². The normalized spacial score (nSPS) is 15.6. The van der Waals surface area contributed by atoms with Crippen LogP contribution in [0, 0.1) is 0 Å². The van der Waals surface area contributed by atoms with Gasteiger partial charge in [0, 0.05) is 33.5 Å². The minimum Gasteiger partial charge on any atom is -0.454 e. The highest BCUT2D eigenvalue weighted by Crippen LogP contribution is 2.34. The first-order valence-electron chi connectivity index (χ1n) is 11.1. The highest BCUT2D eigenvalue weighted by Gasteiger charge is 2.24. The van der Waals surface area contributed by atoms with Crippen molar-refractivity contribution < 1.29 is 28.1 Å². The summed E-state index contributed by atoms with van der Waals surface area (Å²) in [5.74, 6) is -0.678. The van der Waals surface area contributed by atoms with Crippen LogP contribution in [-0.2, 0) is 31.7 Å². The topological polar surface area (TPSA) is 114 Å². The van der Waals surface area contributed by atoms with E-state index in [-0.39, 0.29) is 43.3 Å². The van der Waals surface area contributed by atoms with Gasteiger partial charge in [-0.3, -0.25) is 18.6 Å². The third kappa shape index (κ3) is 6.80. The molecule has 0 bridgehead atoms. The number of anilines is 1. The minimum absolute atomic E-state index is 0.103. The summed E-state index contributed by atoms with van der Waals surface area (Å²) in [7, 11) is -1.73. The van der Waals surface area contributed by atoms with Crippen LogP contribution in [-0.4, -0.2) is 57.7 Å². The summed E-state index contributed by atoms with van der Waals surface area (Å²) in [6.45, 7) is 0.280. The van der Waals surface area contributed by atoms with Gasteiger partial charge in [0.05, 0.1) is 13.1 Å². The summed E-state index contributed by atoms with van der Waals surface area (Å²) in [6, 6.07) is 8.87. The molecule has 4 rings (SSSR count). The number of carbonyl (C=O) groups is 3. The van der Waals surface area contributed by atoms with E-state index in [1.54, 1.807) is 18.2 Å². The fourth-order valence-electron chi connectivity index (χ4n) is 3.94. The van der Waals surface area contributed by atoms with Crippen LogP contribution in [0.1, 0.15) is 30.6 Å². The number of benzene rings is 1. The zero-order valence-corrected chi connectivity index (χ0v) is 20.3. The number of hydrogen-bond acceptors (Lipinski definition) is 7. The van der Waals surface area contributed by atoms with Gasteiger partial charge in [-0.25, -0.2) is 0 Å². The van der Waals surface area contributed by atoms with Crippen molar-refractivity contribution >= 4 is 45.5 Å². The summed E-state index contributed by atoms with van der Waals surface area (Å²) >= 11 is 1.48. The summed E-state index contributed by atoms with van der Waals surface area (Å²) in [4.78, 5) is 40.1. The van der Waals surface area contributed by atoms with Gasteiger partial charge in [0.15, 0.2) is 11.5 Å². The number of rotatable bonds is 10. The summed E-state index contributed by atoms with van der Waals surface area (Å²) in [5, 5.41) is 7.54. The predicted molar refractivity (Wildman–Crippen MR) is 129 cm³/mol. The molecule has 9 nitrogen and oxygen atoms in total. The maximum Gasteiger partial charge on any atom is 0.239 e. The molecule has 1 fully saturated rings. The number of carbonyl (C=O) groups excluding carboxylic acids is 3. The van der Waals surface area contributed by atoms with Crippen molar-refractivity contribution in [2.24, 2.45) is 0 Å². The molecule has 1 saturated carbocycles. The number of ether oxygens (including phenoxy) is 2. The van der Waals surface area contributed by atoms with Gasteiger partial charge in [0.1, 0.15) is 11.5 Å². The molecule has 0 unspecified atom stereocenters. The molecule has 1 aliphatic carbocycles. The maximum atomic E-state index is 12.9. The van der Waals surface area contributed by atoms with E-state index in [2.05, 4.69) is 10.6 Å². The first kappa shape index (κ1) is 24.2. The van der Waals surface area contributed by atoms with Crippen molar-refractivity contribution in [1.82, 2.24) is 10.2 Å². The number of fused-ring (bicyclic) bond motifs is 1. The van der Waals surface area contributed by atoms with E-state index in [9.17, 15) is 18.6 Å². The second-order valence-corrected chi connectivity index (χ2v) is 10.7. The van der Waals surface area contributed by atoms with E-state index < -0.39 is 22.6 Å². The van der Waals surface area contributed by atoms with Crippen molar-refractivity contribution in [2.45, 2.75) is 38.3 Å². The molecule has 1 aromatic heterocycles. The van der Waals surface area contributed by atoms with Crippen LogP contribution in [0.5, 0.6) is 11.5 Å². The van der Waals surface area contributed by atoms with Crippen LogP contribution in [0.4, 0.5) is 5.69 Å². The molecule has 2 aromatic rings. The summed E-state index contributed by atoms with van der Waals surface area (Å²) < 4.78 is 23.1. The van der Waals surface area contributed by atoms with Gasteiger partial charge in [0.25, 0.3) is 0 Å². The van der Waals surface area contributed by atoms with Crippen molar-refractivity contribution in [3.8, 4) is 11.5 Å². The zero-order valence-electron chi connectivity index (χ0n) is 18.6. The molecule has 11 heteroatoms. The number of nitrogens with zero attached hydrogens (tertiary/aromatic N) is 1. The van der Waals surface area contributed by atoms with Crippen molar-refractivity contribution in [2.75, 3.05) is 30.2 Å². The van der Waals surface area contributed by atoms with Gasteiger partial charge in [-0.2, -0.15) is 0 Å². The Labute approximate surface area is 204 Å². The average molecular weight is 506 g/mol. The molecule has 2 N–H and O–H groups in total. The van der Waals surface area contributed by atoms with E-state index in [4.69, 9.17) is 9.47 Å². The van der Waals surface area contributed by atoms with Crippen LogP contribution in [0.15, 0.2) is 35.7 Å². The monoisotopic (exact) mass is 505 g/mol. The lowest BCUT2D eigenvalue weighted by Gasteiger charge is -2.23. The molecular weight excluding hydrogens is 478 g/mol. The Morgan fingerprint density at radius 1 is 1.06 bits per heavy atom. The Morgan fingerprint density at radius 2 is 1.85 bits per heavy atom. The fourth-order valence-corrected chi connectivity index (χ4v) is 5.58. The van der Waals surface area contributed by atoms with Gasteiger partial charge in [-0.1, -0.05) is 18.9 Å². The lowest BCUT2D eigenvalue weighted by molar-refractivity contribution is -0.134. The van der Waals surface area contributed by atoms with Crippen LogP contribution in [0.3, 0.4) is 0 Å². The van der Waals surface area contributed by atoms with E-state index in [0.29, 0.717) is 17.2 Å². The van der Waals surface area contributed by atoms with E-state index >= 15 is 0 Å². The van der Waals surface area contributed by atoms with Crippen LogP contribution in [0.25, 0.3) is 0 Å². The molecule has 2 heterocycles. The Balaban J connectivity index is 1.30. The Hall–Kier alpha value is -2.92. The third-order valence-electron chi connectivity index (χ3n) is 5.57. The SMILES string of the molecule is O=C(C[S@](=O)CC(=O)N(CC(=O)NC1CCCC1)Cc1cccs1)Nc1ccc2c(c1)OCO2. The van der Waals surface area contributed by atoms with Gasteiger partial charge in [-0.05, 0) is 36.4 Å². The number of nitrogens with one attached hydrogen (secondary N) is 2. The minimum atomic E-state index is -1.73. The van der Waals surface area contributed by atoms with Gasteiger partial charge < -0.3 is 25.0 Å². The quantitative estimate of drug-likeness (QED) is 0.512. The Kier molecular flexibility index (Phi) is 8.17. The maximum absolute atomic E-state index is 12.9. The summed E-state index contributed by atoms with van der Waals surface area (Å²) in [5.41, 5.74) is 0.487. The first-order valence-corrected chi connectivity index (χ1v) is 13.5. The Morgan fingerprint density at radius 3 is 2.62 bits per heavy atom. The number of hydrogen-bond donors (Lipinski definition) is 2. The van der Waals surface area contributed by atoms with Crippen LogP contribution in [0.2, 0.25) is 0 Å². The van der Waals surface area contributed by atoms with Gasteiger partial charge in [-0.15, -0.1) is 11.3 Å². The lowest BCUT2D eigenvalue weighted by Crippen LogP contribution is -2.44. The third-order valence-corrected chi connectivity index (χ3v) is 7.58. The molecule has 1 atom stereocenters. The van der Waals surface area contributed by atoms with E-state index in [0.717, 1.165) is 30.6 Å². The molecule has 1 aromatic carbocycles.